The summed E-state index contributed by atoms with van der Waals surface area (Å²) in [6.45, 7) is 3.59. The fraction of sp³-hybridized carbons (Fsp3) is 0.643. The van der Waals surface area contributed by atoms with Crippen molar-refractivity contribution in [2.75, 3.05) is 0 Å². The maximum atomic E-state index is 12.0. The number of aliphatic hydroxyl groups excluding tert-OH is 1. The molecular weight excluding hydrogens is 272 g/mol. The van der Waals surface area contributed by atoms with E-state index >= 15 is 0 Å². The Morgan fingerprint density at radius 1 is 1.38 bits per heavy atom. The molecule has 0 saturated carbocycles. The predicted molar refractivity (Wildman–Crippen MR) is 80.5 cm³/mol. The van der Waals surface area contributed by atoms with E-state index in [2.05, 4.69) is 16.9 Å². The molecule has 0 fully saturated rings. The van der Waals surface area contributed by atoms with Crippen LogP contribution in [0.3, 0.4) is 0 Å². The Morgan fingerprint density at radius 3 is 2.62 bits per heavy atom. The van der Waals surface area contributed by atoms with Crippen LogP contribution in [-0.4, -0.2) is 38.5 Å². The summed E-state index contributed by atoms with van der Waals surface area (Å²) in [5.74, 6) is -0.189. The topological polar surface area (TPSA) is 147 Å². The summed E-state index contributed by atoms with van der Waals surface area (Å²) in [5, 5.41) is 9.34. The van der Waals surface area contributed by atoms with Crippen LogP contribution in [0.25, 0.3) is 0 Å². The van der Waals surface area contributed by atoms with Gasteiger partial charge >= 0.3 is 0 Å². The van der Waals surface area contributed by atoms with E-state index in [9.17, 15) is 9.90 Å². The van der Waals surface area contributed by atoms with Gasteiger partial charge in [-0.2, -0.15) is 0 Å². The monoisotopic (exact) mass is 298 g/mol. The number of aryl methyl sites for hydroxylation is 1. The number of rotatable bonds is 8. The summed E-state index contributed by atoms with van der Waals surface area (Å²) in [5.41, 5.74) is 12.3. The van der Waals surface area contributed by atoms with Crippen LogP contribution < -0.4 is 11.5 Å². The molecule has 0 spiro atoms. The van der Waals surface area contributed by atoms with Gasteiger partial charge in [-0.3, -0.25) is 4.79 Å². The Hall–Kier alpha value is -1.41. The second-order valence-corrected chi connectivity index (χ2v) is 5.01. The normalized spacial score (nSPS) is 14.9. The first-order valence-electron chi connectivity index (χ1n) is 7.02. The van der Waals surface area contributed by atoms with Gasteiger partial charge in [0.25, 0.3) is 0 Å². The van der Waals surface area contributed by atoms with Crippen molar-refractivity contribution in [1.82, 2.24) is 9.97 Å². The summed E-state index contributed by atoms with van der Waals surface area (Å²) in [7, 11) is 0. The second kappa shape index (κ2) is 9.51. The molecule has 21 heavy (non-hydrogen) atoms. The van der Waals surface area contributed by atoms with Crippen molar-refractivity contribution in [1.29, 1.82) is 0 Å². The third-order valence-corrected chi connectivity index (χ3v) is 3.20. The average Bonchev–Trinajstić information content (AvgIpc) is 2.45. The lowest BCUT2D eigenvalue weighted by Crippen LogP contribution is -2.45. The van der Waals surface area contributed by atoms with Crippen molar-refractivity contribution in [3.8, 4) is 0 Å². The molecule has 0 amide bonds. The SMILES string of the molecule is CCCCCc1ccnc(C(N)C(=O)C(N)C(C)O)n1.O. The first-order chi connectivity index (χ1) is 9.47. The molecule has 0 aliphatic carbocycles. The highest BCUT2D eigenvalue weighted by molar-refractivity contribution is 5.89. The van der Waals surface area contributed by atoms with E-state index in [4.69, 9.17) is 11.5 Å². The van der Waals surface area contributed by atoms with Crippen molar-refractivity contribution in [2.24, 2.45) is 11.5 Å². The largest absolute Gasteiger partial charge is 0.412 e. The van der Waals surface area contributed by atoms with Gasteiger partial charge in [0.2, 0.25) is 0 Å². The number of nitrogens with two attached hydrogens (primary N) is 2. The quantitative estimate of drug-likeness (QED) is 0.559. The van der Waals surface area contributed by atoms with Gasteiger partial charge in [0.05, 0.1) is 12.1 Å². The van der Waals surface area contributed by atoms with Gasteiger partial charge in [0, 0.05) is 11.9 Å². The van der Waals surface area contributed by atoms with Gasteiger partial charge in [-0.15, -0.1) is 0 Å². The van der Waals surface area contributed by atoms with E-state index in [0.717, 1.165) is 31.4 Å². The lowest BCUT2D eigenvalue weighted by Gasteiger charge is -2.17. The second-order valence-electron chi connectivity index (χ2n) is 5.01. The van der Waals surface area contributed by atoms with Crippen LogP contribution in [0.1, 0.15) is 50.7 Å². The number of aliphatic hydroxyl groups is 1. The number of hydrogen-bond acceptors (Lipinski definition) is 6. The molecule has 3 atom stereocenters. The Bertz CT molecular complexity index is 440. The number of unbranched alkanes of at least 4 members (excludes halogenated alkanes) is 2. The Morgan fingerprint density at radius 2 is 2.05 bits per heavy atom. The van der Waals surface area contributed by atoms with Crippen molar-refractivity contribution in [2.45, 2.75) is 57.7 Å². The maximum absolute atomic E-state index is 12.0. The predicted octanol–water partition coefficient (Wildman–Crippen LogP) is -0.338. The number of carbonyl (C=O) groups excluding carboxylic acids is 1. The minimum atomic E-state index is -1.02. The van der Waals surface area contributed by atoms with Gasteiger partial charge < -0.3 is 22.1 Å². The molecule has 0 aliphatic heterocycles. The van der Waals surface area contributed by atoms with Gasteiger partial charge in [-0.05, 0) is 25.8 Å². The van der Waals surface area contributed by atoms with E-state index in [1.807, 2.05) is 6.07 Å². The Balaban J connectivity index is 0.00000400. The van der Waals surface area contributed by atoms with Crippen molar-refractivity contribution >= 4 is 5.78 Å². The molecule has 7 nitrogen and oxygen atoms in total. The summed E-state index contributed by atoms with van der Waals surface area (Å²) in [4.78, 5) is 20.3. The van der Waals surface area contributed by atoms with Crippen LogP contribution in [0, 0.1) is 0 Å². The number of carbonyl (C=O) groups is 1. The number of nitrogens with zero attached hydrogens (tertiary/aromatic N) is 2. The fourth-order valence-electron chi connectivity index (χ4n) is 1.83. The van der Waals surface area contributed by atoms with Gasteiger partial charge in [0.15, 0.2) is 11.6 Å². The molecule has 7 heteroatoms. The van der Waals surface area contributed by atoms with Crippen LogP contribution in [0.5, 0.6) is 0 Å². The van der Waals surface area contributed by atoms with Crippen molar-refractivity contribution in [3.63, 3.8) is 0 Å². The smallest absolute Gasteiger partial charge is 0.176 e. The van der Waals surface area contributed by atoms with E-state index < -0.39 is 24.0 Å². The molecular formula is C14H26N4O3. The number of hydrogen-bond donors (Lipinski definition) is 3. The maximum Gasteiger partial charge on any atom is 0.176 e. The molecule has 0 bridgehead atoms. The van der Waals surface area contributed by atoms with Crippen LogP contribution in [-0.2, 0) is 11.2 Å². The number of ketones is 1. The molecule has 1 aromatic rings. The minimum absolute atomic E-state index is 0. The average molecular weight is 298 g/mol. The summed E-state index contributed by atoms with van der Waals surface area (Å²) < 4.78 is 0. The molecule has 1 aromatic heterocycles. The third kappa shape index (κ3) is 5.84. The van der Waals surface area contributed by atoms with Gasteiger partial charge in [-0.25, -0.2) is 9.97 Å². The van der Waals surface area contributed by atoms with Gasteiger partial charge in [0.1, 0.15) is 6.04 Å². The highest BCUT2D eigenvalue weighted by Crippen LogP contribution is 2.11. The highest BCUT2D eigenvalue weighted by atomic mass is 16.3. The molecule has 0 radical (unpaired) electrons. The van der Waals surface area contributed by atoms with Gasteiger partial charge in [-0.1, -0.05) is 19.8 Å². The molecule has 0 saturated heterocycles. The zero-order chi connectivity index (χ0) is 15.1. The molecule has 1 heterocycles. The zero-order valence-corrected chi connectivity index (χ0v) is 12.6. The Kier molecular flexibility index (Phi) is 8.87. The summed E-state index contributed by atoms with van der Waals surface area (Å²) in [6, 6.07) is -0.187. The highest BCUT2D eigenvalue weighted by Gasteiger charge is 2.27. The molecule has 7 N–H and O–H groups in total. The van der Waals surface area contributed by atoms with E-state index in [0.29, 0.717) is 0 Å². The van der Waals surface area contributed by atoms with Crippen molar-refractivity contribution < 1.29 is 15.4 Å². The van der Waals surface area contributed by atoms with Crippen LogP contribution >= 0.6 is 0 Å². The summed E-state index contributed by atoms with van der Waals surface area (Å²) >= 11 is 0. The van der Waals surface area contributed by atoms with E-state index in [1.165, 1.54) is 6.92 Å². The number of Topliss-reactive ketones (excluding diaryl/α,β-unsaturated/α-hetero) is 1. The lowest BCUT2D eigenvalue weighted by atomic mass is 10.0. The molecule has 0 aliphatic rings. The minimum Gasteiger partial charge on any atom is -0.412 e. The Labute approximate surface area is 125 Å². The van der Waals surface area contributed by atoms with Crippen LogP contribution in [0.4, 0.5) is 0 Å². The molecule has 3 unspecified atom stereocenters. The van der Waals surface area contributed by atoms with Crippen LogP contribution in [0.2, 0.25) is 0 Å². The van der Waals surface area contributed by atoms with E-state index in [1.54, 1.807) is 6.20 Å². The zero-order valence-electron chi connectivity index (χ0n) is 12.6. The van der Waals surface area contributed by atoms with Crippen molar-refractivity contribution in [3.05, 3.63) is 23.8 Å². The first-order valence-corrected chi connectivity index (χ1v) is 7.02. The lowest BCUT2D eigenvalue weighted by molar-refractivity contribution is -0.123. The molecule has 120 valence electrons. The fourth-order valence-corrected chi connectivity index (χ4v) is 1.83. The number of aromatic nitrogens is 2. The third-order valence-electron chi connectivity index (χ3n) is 3.20. The van der Waals surface area contributed by atoms with Crippen LogP contribution in [0.15, 0.2) is 12.3 Å². The first kappa shape index (κ1) is 19.6. The van der Waals surface area contributed by atoms with E-state index in [-0.39, 0.29) is 11.3 Å². The molecule has 0 aromatic carbocycles. The standard InChI is InChI=1S/C14H24N4O2.H2O/c1-3-4-5-6-10-7-8-17-14(18-10)12(16)13(20)11(15)9(2)19;/h7-9,11-12,19H,3-6,15-16H2,1-2H3;1H2. The molecule has 1 rings (SSSR count). The summed E-state index contributed by atoms with van der Waals surface area (Å²) in [6.07, 6.45) is 4.82.